The fraction of sp³-hybridized carbons (Fsp3) is 0.259. The summed E-state index contributed by atoms with van der Waals surface area (Å²) >= 11 is 0. The maximum atomic E-state index is 13.3. The number of benzene rings is 3. The molecule has 1 aliphatic rings. The number of nitrogens with one attached hydrogen (secondary N) is 1. The SMILES string of the molecule is Cc1ccc(C(c2c(C)[nH]c3ccccc23)N2CCN(c3ccc(F)cc3)CC2)cc1. The Hall–Kier alpha value is -3.11. The number of fused-ring (bicyclic) bond motifs is 1. The minimum atomic E-state index is -0.184. The molecule has 3 nitrogen and oxygen atoms in total. The average Bonchev–Trinajstić information content (AvgIpc) is 3.12. The van der Waals surface area contributed by atoms with E-state index in [1.54, 1.807) is 12.1 Å². The lowest BCUT2D eigenvalue weighted by Crippen LogP contribution is -2.48. The molecule has 0 aliphatic carbocycles. The third-order valence-electron chi connectivity index (χ3n) is 6.48. The van der Waals surface area contributed by atoms with Gasteiger partial charge in [-0.2, -0.15) is 0 Å². The van der Waals surface area contributed by atoms with Crippen LogP contribution in [0.5, 0.6) is 0 Å². The Labute approximate surface area is 183 Å². The molecule has 1 N–H and O–H groups in total. The van der Waals surface area contributed by atoms with Crippen LogP contribution < -0.4 is 4.90 Å². The van der Waals surface area contributed by atoms with Crippen LogP contribution in [0.1, 0.15) is 28.4 Å². The average molecular weight is 414 g/mol. The molecule has 1 aliphatic heterocycles. The Kier molecular flexibility index (Phi) is 5.24. The van der Waals surface area contributed by atoms with Gasteiger partial charge in [-0.3, -0.25) is 4.90 Å². The summed E-state index contributed by atoms with van der Waals surface area (Å²) in [4.78, 5) is 8.54. The monoisotopic (exact) mass is 413 g/mol. The van der Waals surface area contributed by atoms with Crippen molar-refractivity contribution in [1.29, 1.82) is 0 Å². The third-order valence-corrected chi connectivity index (χ3v) is 6.48. The van der Waals surface area contributed by atoms with Crippen LogP contribution in [0, 0.1) is 19.7 Å². The first-order valence-electron chi connectivity index (χ1n) is 11.0. The van der Waals surface area contributed by atoms with E-state index in [0.717, 1.165) is 31.9 Å². The van der Waals surface area contributed by atoms with Gasteiger partial charge in [-0.15, -0.1) is 0 Å². The fourth-order valence-electron chi connectivity index (χ4n) is 4.85. The van der Waals surface area contributed by atoms with Gasteiger partial charge in [0.2, 0.25) is 0 Å². The van der Waals surface area contributed by atoms with Crippen molar-refractivity contribution in [2.45, 2.75) is 19.9 Å². The number of aromatic amines is 1. The standard InChI is InChI=1S/C27H28FN3/c1-19-7-9-21(10-8-19)27(26-20(2)29-25-6-4-3-5-24(25)26)31-17-15-30(16-18-31)23-13-11-22(28)12-14-23/h3-14,27,29H,15-18H2,1-2H3. The van der Waals surface area contributed by atoms with Crippen LogP contribution in [0.3, 0.4) is 0 Å². The second kappa shape index (κ2) is 8.20. The van der Waals surface area contributed by atoms with Crippen LogP contribution in [0.25, 0.3) is 10.9 Å². The van der Waals surface area contributed by atoms with Crippen LogP contribution in [-0.4, -0.2) is 36.1 Å². The van der Waals surface area contributed by atoms with Crippen LogP contribution in [0.2, 0.25) is 0 Å². The van der Waals surface area contributed by atoms with Gasteiger partial charge >= 0.3 is 0 Å². The zero-order valence-corrected chi connectivity index (χ0v) is 18.1. The smallest absolute Gasteiger partial charge is 0.123 e. The van der Waals surface area contributed by atoms with E-state index in [9.17, 15) is 4.39 Å². The first-order valence-corrected chi connectivity index (χ1v) is 11.0. The second-order valence-corrected chi connectivity index (χ2v) is 8.52. The van der Waals surface area contributed by atoms with Crippen LogP contribution in [0.4, 0.5) is 10.1 Å². The molecule has 31 heavy (non-hydrogen) atoms. The van der Waals surface area contributed by atoms with Crippen molar-refractivity contribution in [2.24, 2.45) is 0 Å². The maximum Gasteiger partial charge on any atom is 0.123 e. The van der Waals surface area contributed by atoms with Crippen molar-refractivity contribution >= 4 is 16.6 Å². The highest BCUT2D eigenvalue weighted by Gasteiger charge is 2.29. The van der Waals surface area contributed by atoms with E-state index in [4.69, 9.17) is 0 Å². The highest BCUT2D eigenvalue weighted by molar-refractivity contribution is 5.85. The van der Waals surface area contributed by atoms with Gasteiger partial charge in [0.05, 0.1) is 6.04 Å². The summed E-state index contributed by atoms with van der Waals surface area (Å²) in [5.41, 5.74) is 7.49. The van der Waals surface area contributed by atoms with E-state index in [1.807, 2.05) is 12.1 Å². The topological polar surface area (TPSA) is 22.3 Å². The van der Waals surface area contributed by atoms with E-state index in [2.05, 4.69) is 77.2 Å². The van der Waals surface area contributed by atoms with E-state index < -0.39 is 0 Å². The predicted octanol–water partition coefficient (Wildman–Crippen LogP) is 5.84. The zero-order chi connectivity index (χ0) is 21.4. The summed E-state index contributed by atoms with van der Waals surface area (Å²) in [5, 5.41) is 1.30. The number of piperazine rings is 1. The van der Waals surface area contributed by atoms with Crippen LogP contribution >= 0.6 is 0 Å². The van der Waals surface area contributed by atoms with Crippen molar-refractivity contribution in [1.82, 2.24) is 9.88 Å². The molecule has 0 spiro atoms. The third kappa shape index (κ3) is 3.84. The molecule has 4 aromatic rings. The molecule has 0 amide bonds. The summed E-state index contributed by atoms with van der Waals surface area (Å²) in [6, 6.07) is 24.6. The normalized spacial score (nSPS) is 16.0. The van der Waals surface area contributed by atoms with Crippen molar-refractivity contribution in [3.63, 3.8) is 0 Å². The number of H-pyrrole nitrogens is 1. The highest BCUT2D eigenvalue weighted by Crippen LogP contribution is 2.37. The largest absolute Gasteiger partial charge is 0.369 e. The number of halogens is 1. The molecule has 4 heteroatoms. The van der Waals surface area contributed by atoms with Gasteiger partial charge in [0, 0.05) is 54.0 Å². The number of aryl methyl sites for hydroxylation is 2. The molecule has 3 aromatic carbocycles. The molecule has 1 atom stereocenters. The first kappa shape index (κ1) is 19.8. The highest BCUT2D eigenvalue weighted by atomic mass is 19.1. The van der Waals surface area contributed by atoms with Crippen molar-refractivity contribution in [3.8, 4) is 0 Å². The molecule has 158 valence electrons. The Bertz CT molecular complexity index is 1170. The minimum Gasteiger partial charge on any atom is -0.369 e. The number of rotatable bonds is 4. The summed E-state index contributed by atoms with van der Waals surface area (Å²) in [7, 11) is 0. The fourth-order valence-corrected chi connectivity index (χ4v) is 4.85. The van der Waals surface area contributed by atoms with Gasteiger partial charge in [0.15, 0.2) is 0 Å². The molecule has 1 fully saturated rings. The summed E-state index contributed by atoms with van der Waals surface area (Å²) < 4.78 is 13.3. The Morgan fingerprint density at radius 2 is 1.48 bits per heavy atom. The maximum absolute atomic E-state index is 13.3. The van der Waals surface area contributed by atoms with E-state index in [1.165, 1.54) is 33.3 Å². The molecule has 5 rings (SSSR count). The quantitative estimate of drug-likeness (QED) is 0.454. The van der Waals surface area contributed by atoms with Crippen LogP contribution in [-0.2, 0) is 0 Å². The lowest BCUT2D eigenvalue weighted by Gasteiger charge is -2.40. The number of anilines is 1. The number of para-hydroxylation sites is 1. The Balaban J connectivity index is 1.49. The van der Waals surface area contributed by atoms with Crippen molar-refractivity contribution in [3.05, 3.63) is 101 Å². The van der Waals surface area contributed by atoms with Crippen LogP contribution in [0.15, 0.2) is 72.8 Å². The second-order valence-electron chi connectivity index (χ2n) is 8.52. The number of aromatic nitrogens is 1. The van der Waals surface area contributed by atoms with E-state index >= 15 is 0 Å². The Morgan fingerprint density at radius 3 is 2.19 bits per heavy atom. The van der Waals surface area contributed by atoms with Gasteiger partial charge in [-0.1, -0.05) is 48.0 Å². The van der Waals surface area contributed by atoms with Gasteiger partial charge in [0.1, 0.15) is 5.82 Å². The molecule has 1 saturated heterocycles. The molecule has 1 unspecified atom stereocenters. The van der Waals surface area contributed by atoms with Crippen molar-refractivity contribution in [2.75, 3.05) is 31.1 Å². The summed E-state index contributed by atoms with van der Waals surface area (Å²) in [5.74, 6) is -0.184. The molecule has 2 heterocycles. The zero-order valence-electron chi connectivity index (χ0n) is 18.1. The lowest BCUT2D eigenvalue weighted by molar-refractivity contribution is 0.213. The van der Waals surface area contributed by atoms with Gasteiger partial charge in [-0.05, 0) is 49.7 Å². The molecule has 0 saturated carbocycles. The number of nitrogens with zero attached hydrogens (tertiary/aromatic N) is 2. The van der Waals surface area contributed by atoms with Gasteiger partial charge in [-0.25, -0.2) is 4.39 Å². The lowest BCUT2D eigenvalue weighted by atomic mass is 9.93. The Morgan fingerprint density at radius 1 is 0.806 bits per heavy atom. The number of hydrogen-bond donors (Lipinski definition) is 1. The summed E-state index contributed by atoms with van der Waals surface area (Å²) in [6.45, 7) is 8.08. The molecular weight excluding hydrogens is 385 g/mol. The minimum absolute atomic E-state index is 0.184. The van der Waals surface area contributed by atoms with Crippen molar-refractivity contribution < 1.29 is 4.39 Å². The first-order chi connectivity index (χ1) is 15.1. The molecule has 0 radical (unpaired) electrons. The molecule has 1 aromatic heterocycles. The van der Waals surface area contributed by atoms with E-state index in [-0.39, 0.29) is 11.9 Å². The number of hydrogen-bond acceptors (Lipinski definition) is 2. The predicted molar refractivity (Wildman–Crippen MR) is 126 cm³/mol. The van der Waals surface area contributed by atoms with Gasteiger partial charge < -0.3 is 9.88 Å². The van der Waals surface area contributed by atoms with Gasteiger partial charge in [0.25, 0.3) is 0 Å². The molecular formula is C27H28FN3. The van der Waals surface area contributed by atoms with E-state index in [0.29, 0.717) is 0 Å². The molecule has 0 bridgehead atoms. The summed E-state index contributed by atoms with van der Waals surface area (Å²) in [6.07, 6.45) is 0.